The van der Waals surface area contributed by atoms with Crippen molar-refractivity contribution in [1.82, 2.24) is 29.5 Å². The number of aliphatic imine (C=N–C) groups is 1. The number of rotatable bonds is 7. The van der Waals surface area contributed by atoms with Crippen LogP contribution in [0.2, 0.25) is 5.02 Å². The number of likely N-dealkylation sites (tertiary alicyclic amines) is 1. The van der Waals surface area contributed by atoms with Gasteiger partial charge in [0.25, 0.3) is 5.91 Å². The van der Waals surface area contributed by atoms with Crippen LogP contribution < -0.4 is 5.32 Å². The minimum atomic E-state index is -0.513. The van der Waals surface area contributed by atoms with Crippen molar-refractivity contribution in [1.29, 1.82) is 0 Å². The standard InChI is InChI=1S/C42H37ClN8O3S/c1-24-37(55-42-39(24)40(28-7-9-29(43)10-8-28)46-19-38-48-47-25(2)51(38)42)15-12-30-11-6-26(17-44-30)20-49-21-27(22-49)18-45-34-5-3-4-32-33(34)23-50(41(32)54)35-14-13-31(52)16-36(35)53/h3-11,17,27,35,45H,13-14,16,18-23H2,1-2H3. The summed E-state index contributed by atoms with van der Waals surface area (Å²) in [7, 11) is 0. The second-order valence-corrected chi connectivity index (χ2v) is 16.1. The van der Waals surface area contributed by atoms with Crippen molar-refractivity contribution in [2.45, 2.75) is 58.8 Å². The van der Waals surface area contributed by atoms with Gasteiger partial charge in [0.15, 0.2) is 11.6 Å². The van der Waals surface area contributed by atoms with Gasteiger partial charge in [0.05, 0.1) is 23.1 Å². The molecule has 0 radical (unpaired) electrons. The smallest absolute Gasteiger partial charge is 0.255 e. The summed E-state index contributed by atoms with van der Waals surface area (Å²) in [5, 5.41) is 14.0. The summed E-state index contributed by atoms with van der Waals surface area (Å²) in [5.41, 5.74) is 8.33. The highest BCUT2D eigenvalue weighted by Gasteiger charge is 2.40. The molecule has 9 rings (SSSR count). The van der Waals surface area contributed by atoms with Gasteiger partial charge in [-0.3, -0.25) is 28.8 Å². The molecular weight excluding hydrogens is 732 g/mol. The fraction of sp³-hybridized carbons (Fsp3) is 0.310. The van der Waals surface area contributed by atoms with Crippen LogP contribution in [0.25, 0.3) is 5.00 Å². The van der Waals surface area contributed by atoms with E-state index in [1.165, 1.54) is 0 Å². The molecule has 3 aliphatic heterocycles. The first kappa shape index (κ1) is 35.2. The van der Waals surface area contributed by atoms with E-state index in [9.17, 15) is 14.4 Å². The van der Waals surface area contributed by atoms with Crippen LogP contribution >= 0.6 is 22.9 Å². The van der Waals surface area contributed by atoms with Crippen LogP contribution in [-0.2, 0) is 29.2 Å². The minimum Gasteiger partial charge on any atom is -0.384 e. The first-order valence-corrected chi connectivity index (χ1v) is 19.7. The van der Waals surface area contributed by atoms with Gasteiger partial charge in [0.2, 0.25) is 0 Å². The lowest BCUT2D eigenvalue weighted by atomic mass is 9.92. The first-order valence-electron chi connectivity index (χ1n) is 18.5. The molecule has 2 aromatic carbocycles. The van der Waals surface area contributed by atoms with Crippen molar-refractivity contribution in [2.24, 2.45) is 10.9 Å². The van der Waals surface area contributed by atoms with Gasteiger partial charge >= 0.3 is 0 Å². The van der Waals surface area contributed by atoms with Crippen LogP contribution in [0.1, 0.15) is 79.7 Å². The molecule has 2 fully saturated rings. The topological polar surface area (TPSA) is 126 Å². The number of aryl methyl sites for hydroxylation is 1. The van der Waals surface area contributed by atoms with E-state index in [-0.39, 0.29) is 23.9 Å². The fourth-order valence-electron chi connectivity index (χ4n) is 8.02. The molecular formula is C42H37ClN8O3S. The van der Waals surface area contributed by atoms with E-state index in [1.54, 1.807) is 16.2 Å². The van der Waals surface area contributed by atoms with Gasteiger partial charge in [-0.2, -0.15) is 0 Å². The first-order chi connectivity index (χ1) is 26.7. The van der Waals surface area contributed by atoms with Crippen molar-refractivity contribution >= 4 is 51.8 Å². The molecule has 0 bridgehead atoms. The Morgan fingerprint density at radius 1 is 1.00 bits per heavy atom. The third-order valence-corrected chi connectivity index (χ3v) is 12.4. The molecule has 1 aliphatic carbocycles. The molecule has 1 saturated heterocycles. The Bertz CT molecular complexity index is 2470. The number of benzene rings is 2. The third-order valence-electron chi connectivity index (χ3n) is 10.9. The highest BCUT2D eigenvalue weighted by atomic mass is 35.5. The number of pyridine rings is 1. The average Bonchev–Trinajstić information content (AvgIpc) is 3.77. The summed E-state index contributed by atoms with van der Waals surface area (Å²) in [4.78, 5) is 52.2. The predicted octanol–water partition coefficient (Wildman–Crippen LogP) is 5.94. The SMILES string of the molecule is Cc1c(C#Cc2ccc(CN3CC(CNc4cccc5c4CN(C4CCC(=O)CC4=O)C5=O)C3)cn2)sc2c1C(c1ccc(Cl)cc1)=NCc1nnc(C)n1-2. The summed E-state index contributed by atoms with van der Waals surface area (Å²) in [6.07, 6.45) is 2.60. The Labute approximate surface area is 327 Å². The number of Topliss-reactive ketones (excluding diaryl/α,β-unsaturated/α-hetero) is 2. The number of fused-ring (bicyclic) bond motifs is 4. The number of hydrogen-bond acceptors (Lipinski definition) is 10. The van der Waals surface area contributed by atoms with Crippen LogP contribution in [0.4, 0.5) is 5.69 Å². The quantitative estimate of drug-likeness (QED) is 0.160. The molecule has 1 saturated carbocycles. The maximum absolute atomic E-state index is 13.2. The van der Waals surface area contributed by atoms with E-state index < -0.39 is 6.04 Å². The van der Waals surface area contributed by atoms with Crippen LogP contribution in [0.5, 0.6) is 0 Å². The number of ketones is 2. The monoisotopic (exact) mass is 768 g/mol. The summed E-state index contributed by atoms with van der Waals surface area (Å²) in [6.45, 7) is 8.39. The minimum absolute atomic E-state index is 0.0384. The molecule has 4 aliphatic rings. The maximum Gasteiger partial charge on any atom is 0.255 e. The zero-order valence-electron chi connectivity index (χ0n) is 30.4. The van der Waals surface area contributed by atoms with Gasteiger partial charge in [-0.1, -0.05) is 35.9 Å². The van der Waals surface area contributed by atoms with Crippen molar-refractivity contribution in [2.75, 3.05) is 25.0 Å². The zero-order chi connectivity index (χ0) is 37.8. The number of amides is 1. The molecule has 1 unspecified atom stereocenters. The molecule has 1 amide bonds. The number of halogens is 1. The predicted molar refractivity (Wildman–Crippen MR) is 211 cm³/mol. The van der Waals surface area contributed by atoms with Crippen molar-refractivity contribution in [3.63, 3.8) is 0 Å². The highest BCUT2D eigenvalue weighted by molar-refractivity contribution is 7.15. The second kappa shape index (κ2) is 14.3. The maximum atomic E-state index is 13.2. The van der Waals surface area contributed by atoms with Gasteiger partial charge in [-0.15, -0.1) is 21.5 Å². The lowest BCUT2D eigenvalue weighted by Crippen LogP contribution is -2.48. The lowest BCUT2D eigenvalue weighted by molar-refractivity contribution is -0.133. The Hall–Kier alpha value is -5.48. The molecule has 1 N–H and O–H groups in total. The van der Waals surface area contributed by atoms with E-state index in [0.717, 1.165) is 86.9 Å². The number of hydrogen-bond donors (Lipinski definition) is 1. The number of aromatic nitrogens is 4. The Balaban J connectivity index is 0.824. The fourth-order valence-corrected chi connectivity index (χ4v) is 9.38. The third kappa shape index (κ3) is 6.66. The molecule has 6 heterocycles. The van der Waals surface area contributed by atoms with Crippen molar-refractivity contribution < 1.29 is 14.4 Å². The van der Waals surface area contributed by atoms with Crippen LogP contribution in [0, 0.1) is 31.6 Å². The summed E-state index contributed by atoms with van der Waals surface area (Å²) in [6, 6.07) is 17.1. The molecule has 55 heavy (non-hydrogen) atoms. The zero-order valence-corrected chi connectivity index (χ0v) is 32.0. The molecule has 3 aromatic heterocycles. The van der Waals surface area contributed by atoms with Gasteiger partial charge < -0.3 is 10.2 Å². The van der Waals surface area contributed by atoms with Gasteiger partial charge in [-0.05, 0) is 73.6 Å². The number of nitrogens with zero attached hydrogens (tertiary/aromatic N) is 7. The Morgan fingerprint density at radius 2 is 1.84 bits per heavy atom. The molecule has 276 valence electrons. The van der Waals surface area contributed by atoms with E-state index in [4.69, 9.17) is 16.6 Å². The Morgan fingerprint density at radius 3 is 2.62 bits per heavy atom. The normalized spacial score (nSPS) is 18.2. The number of thiophene rings is 1. The van der Waals surface area contributed by atoms with Gasteiger partial charge in [0.1, 0.15) is 28.8 Å². The van der Waals surface area contributed by atoms with Crippen molar-refractivity contribution in [3.8, 4) is 16.8 Å². The van der Waals surface area contributed by atoms with Gasteiger partial charge in [-0.25, -0.2) is 4.98 Å². The van der Waals surface area contributed by atoms with Gasteiger partial charge in [0, 0.05) is 84.2 Å². The second-order valence-electron chi connectivity index (χ2n) is 14.7. The van der Waals surface area contributed by atoms with E-state index in [2.05, 4.69) is 54.8 Å². The Kier molecular flexibility index (Phi) is 9.16. The molecule has 1 atom stereocenters. The van der Waals surface area contributed by atoms with Crippen molar-refractivity contribution in [3.05, 3.63) is 121 Å². The summed E-state index contributed by atoms with van der Waals surface area (Å²) < 4.78 is 2.09. The van der Waals surface area contributed by atoms with E-state index in [0.29, 0.717) is 48.1 Å². The highest BCUT2D eigenvalue weighted by Crippen LogP contribution is 2.37. The van der Waals surface area contributed by atoms with E-state index >= 15 is 0 Å². The lowest BCUT2D eigenvalue weighted by Gasteiger charge is -2.39. The number of nitrogens with one attached hydrogen (secondary N) is 1. The number of anilines is 1. The average molecular weight is 769 g/mol. The number of carbonyl (C=O) groups is 3. The molecule has 11 nitrogen and oxygen atoms in total. The van der Waals surface area contributed by atoms with Crippen LogP contribution in [0.15, 0.2) is 65.8 Å². The number of carbonyl (C=O) groups excluding carboxylic acids is 3. The van der Waals surface area contributed by atoms with Crippen LogP contribution in [-0.4, -0.2) is 78.4 Å². The van der Waals surface area contributed by atoms with E-state index in [1.807, 2.05) is 61.7 Å². The molecule has 5 aromatic rings. The molecule has 0 spiro atoms. The summed E-state index contributed by atoms with van der Waals surface area (Å²) in [5.74, 6) is 8.46. The van der Waals surface area contributed by atoms with Crippen LogP contribution in [0.3, 0.4) is 0 Å². The summed E-state index contributed by atoms with van der Waals surface area (Å²) >= 11 is 7.83. The largest absolute Gasteiger partial charge is 0.384 e. The molecule has 13 heteroatoms.